The van der Waals surface area contributed by atoms with Crippen molar-refractivity contribution < 1.29 is 14.4 Å². The van der Waals surface area contributed by atoms with E-state index < -0.39 is 13.2 Å². The molecule has 1 aromatic rings. The van der Waals surface area contributed by atoms with Crippen molar-refractivity contribution in [3.8, 4) is 0 Å². The quantitative estimate of drug-likeness (QED) is 0.845. The Kier molecular flexibility index (Phi) is 3.78. The Morgan fingerprint density at radius 2 is 1.70 bits per heavy atom. The zero-order valence-electron chi connectivity index (χ0n) is 13.5. The zero-order valence-corrected chi connectivity index (χ0v) is 13.5. The van der Waals surface area contributed by atoms with Gasteiger partial charge >= 0.3 is 7.12 Å². The van der Waals surface area contributed by atoms with Crippen LogP contribution in [-0.4, -0.2) is 39.3 Å². The third kappa shape index (κ3) is 2.52. The van der Waals surface area contributed by atoms with Crippen molar-refractivity contribution in [1.82, 2.24) is 9.78 Å². The number of aryl methyl sites for hydroxylation is 1. The van der Waals surface area contributed by atoms with E-state index >= 15 is 0 Å². The maximum absolute atomic E-state index is 9.54. The van der Waals surface area contributed by atoms with Gasteiger partial charge in [-0.15, -0.1) is 0 Å². The van der Waals surface area contributed by atoms with E-state index in [1.165, 1.54) is 0 Å². The van der Waals surface area contributed by atoms with Crippen molar-refractivity contribution in [1.29, 1.82) is 0 Å². The van der Waals surface area contributed by atoms with Crippen LogP contribution in [0.5, 0.6) is 0 Å². The Morgan fingerprint density at radius 3 is 2.15 bits per heavy atom. The summed E-state index contributed by atoms with van der Waals surface area (Å²) < 4.78 is 14.0. The molecule has 0 spiro atoms. The Bertz CT molecular complexity index is 493. The van der Waals surface area contributed by atoms with E-state index in [4.69, 9.17) is 9.31 Å². The topological polar surface area (TPSA) is 56.5 Å². The van der Waals surface area contributed by atoms with Gasteiger partial charge < -0.3 is 14.4 Å². The SMILES string of the molecule is Cc1nn(C[C@H](C)O)c(C)c1B1OC(C)(C)C(C)(C)O1. The first-order valence-corrected chi connectivity index (χ1v) is 7.13. The number of rotatable bonds is 3. The summed E-state index contributed by atoms with van der Waals surface area (Å²) in [5.41, 5.74) is 2.14. The third-order valence-corrected chi connectivity index (χ3v) is 4.36. The minimum Gasteiger partial charge on any atom is -0.399 e. The average molecular weight is 280 g/mol. The second-order valence-corrected chi connectivity index (χ2v) is 6.70. The van der Waals surface area contributed by atoms with Gasteiger partial charge in [0, 0.05) is 11.2 Å². The van der Waals surface area contributed by atoms with E-state index in [-0.39, 0.29) is 11.2 Å². The van der Waals surface area contributed by atoms with Crippen LogP contribution >= 0.6 is 0 Å². The highest BCUT2D eigenvalue weighted by atomic mass is 16.7. The molecule has 1 fully saturated rings. The van der Waals surface area contributed by atoms with Crippen molar-refractivity contribution in [2.24, 2.45) is 0 Å². The van der Waals surface area contributed by atoms with Gasteiger partial charge in [0.25, 0.3) is 0 Å². The van der Waals surface area contributed by atoms with Crippen LogP contribution < -0.4 is 5.46 Å². The van der Waals surface area contributed by atoms with Gasteiger partial charge in [0.05, 0.1) is 29.5 Å². The molecule has 1 aromatic heterocycles. The zero-order chi connectivity index (χ0) is 15.3. The van der Waals surface area contributed by atoms with Crippen LogP contribution in [0.15, 0.2) is 0 Å². The molecule has 0 bridgehead atoms. The van der Waals surface area contributed by atoms with Crippen LogP contribution in [0.25, 0.3) is 0 Å². The molecule has 2 heterocycles. The summed E-state index contributed by atoms with van der Waals surface area (Å²) in [6.45, 7) is 14.3. The average Bonchev–Trinajstić information content (AvgIpc) is 2.61. The number of aliphatic hydroxyl groups is 1. The normalized spacial score (nSPS) is 22.3. The largest absolute Gasteiger partial charge is 0.498 e. The fraction of sp³-hybridized carbons (Fsp3) is 0.786. The second kappa shape index (κ2) is 4.86. The van der Waals surface area contributed by atoms with Gasteiger partial charge in [-0.3, -0.25) is 4.68 Å². The van der Waals surface area contributed by atoms with E-state index in [1.54, 1.807) is 6.92 Å². The molecule has 112 valence electrons. The summed E-state index contributed by atoms with van der Waals surface area (Å²) in [7, 11) is -0.400. The predicted molar refractivity (Wildman–Crippen MR) is 79.1 cm³/mol. The maximum Gasteiger partial charge on any atom is 0.498 e. The van der Waals surface area contributed by atoms with Crippen molar-refractivity contribution >= 4 is 12.6 Å². The van der Waals surface area contributed by atoms with Crippen molar-refractivity contribution in [3.63, 3.8) is 0 Å². The lowest BCUT2D eigenvalue weighted by molar-refractivity contribution is 0.00578. The molecule has 0 radical (unpaired) electrons. The molecule has 1 saturated heterocycles. The Balaban J connectivity index is 2.33. The van der Waals surface area contributed by atoms with Gasteiger partial charge in [0.15, 0.2) is 0 Å². The lowest BCUT2D eigenvalue weighted by Crippen LogP contribution is -2.41. The summed E-state index contributed by atoms with van der Waals surface area (Å²) in [5.74, 6) is 0. The molecular weight excluding hydrogens is 255 g/mol. The maximum atomic E-state index is 9.54. The highest BCUT2D eigenvalue weighted by Gasteiger charge is 2.53. The smallest absolute Gasteiger partial charge is 0.399 e. The van der Waals surface area contributed by atoms with Gasteiger partial charge in [0.2, 0.25) is 0 Å². The number of aromatic nitrogens is 2. The molecule has 0 amide bonds. The molecule has 1 N–H and O–H groups in total. The number of aliphatic hydroxyl groups excluding tert-OH is 1. The molecule has 20 heavy (non-hydrogen) atoms. The highest BCUT2D eigenvalue weighted by Crippen LogP contribution is 2.36. The molecule has 1 atom stereocenters. The predicted octanol–water partition coefficient (Wildman–Crippen LogP) is 1.18. The van der Waals surface area contributed by atoms with Gasteiger partial charge in [-0.05, 0) is 48.5 Å². The van der Waals surface area contributed by atoms with E-state index in [9.17, 15) is 5.11 Å². The standard InChI is InChI=1S/C14H25BN2O3/c1-9(18)8-17-11(3)12(10(2)16-17)15-19-13(4,5)14(6,7)20-15/h9,18H,8H2,1-7H3/t9-/m0/s1. The van der Waals surface area contributed by atoms with Crippen LogP contribution in [-0.2, 0) is 15.9 Å². The highest BCUT2D eigenvalue weighted by molar-refractivity contribution is 6.63. The molecule has 1 aliphatic heterocycles. The van der Waals surface area contributed by atoms with Crippen LogP contribution in [0.2, 0.25) is 0 Å². The molecule has 0 aliphatic carbocycles. The van der Waals surface area contributed by atoms with Gasteiger partial charge in [-0.25, -0.2) is 0 Å². The van der Waals surface area contributed by atoms with Gasteiger partial charge in [0.1, 0.15) is 0 Å². The number of hydrogen-bond acceptors (Lipinski definition) is 4. The van der Waals surface area contributed by atoms with E-state index in [0.29, 0.717) is 6.54 Å². The van der Waals surface area contributed by atoms with Gasteiger partial charge in [-0.1, -0.05) is 0 Å². The van der Waals surface area contributed by atoms with Crippen LogP contribution in [0, 0.1) is 13.8 Å². The lowest BCUT2D eigenvalue weighted by atomic mass is 9.77. The van der Waals surface area contributed by atoms with E-state index in [0.717, 1.165) is 16.9 Å². The summed E-state index contributed by atoms with van der Waals surface area (Å²) in [6, 6.07) is 0. The first-order chi connectivity index (χ1) is 9.05. The molecule has 0 aromatic carbocycles. The Labute approximate surface area is 121 Å². The lowest BCUT2D eigenvalue weighted by Gasteiger charge is -2.32. The first kappa shape index (κ1) is 15.5. The van der Waals surface area contributed by atoms with E-state index in [1.807, 2.05) is 46.2 Å². The van der Waals surface area contributed by atoms with Gasteiger partial charge in [-0.2, -0.15) is 5.10 Å². The van der Waals surface area contributed by atoms with Crippen LogP contribution in [0.1, 0.15) is 46.0 Å². The van der Waals surface area contributed by atoms with Crippen LogP contribution in [0.3, 0.4) is 0 Å². The molecule has 0 unspecified atom stereocenters. The number of nitrogens with zero attached hydrogens (tertiary/aromatic N) is 2. The molecule has 1 aliphatic rings. The van der Waals surface area contributed by atoms with E-state index in [2.05, 4.69) is 5.10 Å². The molecule has 2 rings (SSSR count). The van der Waals surface area contributed by atoms with Crippen molar-refractivity contribution in [3.05, 3.63) is 11.4 Å². The molecule has 5 nitrogen and oxygen atoms in total. The molecule has 0 saturated carbocycles. The monoisotopic (exact) mass is 280 g/mol. The van der Waals surface area contributed by atoms with Crippen molar-refractivity contribution in [2.75, 3.05) is 0 Å². The molecular formula is C14H25BN2O3. The summed E-state index contributed by atoms with van der Waals surface area (Å²) in [4.78, 5) is 0. The summed E-state index contributed by atoms with van der Waals surface area (Å²) in [6.07, 6.45) is -0.431. The molecule has 6 heteroatoms. The Hall–Kier alpha value is -0.845. The Morgan fingerprint density at radius 1 is 1.20 bits per heavy atom. The minimum atomic E-state index is -0.431. The van der Waals surface area contributed by atoms with Crippen LogP contribution in [0.4, 0.5) is 0 Å². The number of hydrogen-bond donors (Lipinski definition) is 1. The first-order valence-electron chi connectivity index (χ1n) is 7.13. The fourth-order valence-electron chi connectivity index (χ4n) is 2.44. The van der Waals surface area contributed by atoms with Crippen molar-refractivity contribution in [2.45, 2.75) is 72.3 Å². The fourth-order valence-corrected chi connectivity index (χ4v) is 2.44. The minimum absolute atomic E-state index is 0.358. The third-order valence-electron chi connectivity index (χ3n) is 4.36. The summed E-state index contributed by atoms with van der Waals surface area (Å²) >= 11 is 0. The summed E-state index contributed by atoms with van der Waals surface area (Å²) in [5, 5.41) is 14.0. The second-order valence-electron chi connectivity index (χ2n) is 6.70.